The molecule has 2 rings (SSSR count). The third kappa shape index (κ3) is 2.22. The van der Waals surface area contributed by atoms with Gasteiger partial charge in [-0.05, 0) is 18.6 Å². The Morgan fingerprint density at radius 1 is 1.12 bits per heavy atom. The summed E-state index contributed by atoms with van der Waals surface area (Å²) in [4.78, 5) is 7.90. The lowest BCUT2D eigenvalue weighted by Crippen LogP contribution is -2.01. The maximum atomic E-state index is 13.1. The highest BCUT2D eigenvalue weighted by molar-refractivity contribution is 5.67. The van der Waals surface area contributed by atoms with Crippen molar-refractivity contribution in [1.29, 1.82) is 0 Å². The molecule has 0 amide bonds. The summed E-state index contributed by atoms with van der Waals surface area (Å²) in [5.74, 6) is -0.944. The molecule has 1 heterocycles. The summed E-state index contributed by atoms with van der Waals surface area (Å²) in [5, 5.41) is 0. The van der Waals surface area contributed by atoms with Crippen molar-refractivity contribution in [1.82, 2.24) is 9.97 Å². The lowest BCUT2D eigenvalue weighted by atomic mass is 10.0. The Morgan fingerprint density at radius 3 is 2.35 bits per heavy atom. The second-order valence-electron chi connectivity index (χ2n) is 3.60. The van der Waals surface area contributed by atoms with E-state index in [1.54, 1.807) is 0 Å². The maximum absolute atomic E-state index is 13.1. The minimum atomic E-state index is -0.640. The average molecular weight is 235 g/mol. The second kappa shape index (κ2) is 4.45. The molecule has 0 unspecified atom stereocenters. The number of hydrogen-bond acceptors (Lipinski definition) is 3. The molecule has 2 N–H and O–H groups in total. The first kappa shape index (κ1) is 11.4. The molecule has 0 fully saturated rings. The number of rotatable bonds is 2. The highest BCUT2D eigenvalue weighted by Gasteiger charge is 2.11. The van der Waals surface area contributed by atoms with Crippen molar-refractivity contribution in [3.63, 3.8) is 0 Å². The Bertz CT molecular complexity index is 535. The minimum Gasteiger partial charge on any atom is -0.383 e. The molecule has 1 aromatic carbocycles. The zero-order valence-corrected chi connectivity index (χ0v) is 9.24. The standard InChI is InChI=1S/C12H11F2N3/c1-2-10-11(16-6-17-12(10)15)7-3-8(13)5-9(14)4-7/h3-6H,2H2,1H3,(H2,15,16,17). The summed E-state index contributed by atoms with van der Waals surface area (Å²) in [6.45, 7) is 1.88. The molecule has 5 heteroatoms. The van der Waals surface area contributed by atoms with E-state index >= 15 is 0 Å². The van der Waals surface area contributed by atoms with Crippen LogP contribution in [0.25, 0.3) is 11.3 Å². The smallest absolute Gasteiger partial charge is 0.130 e. The molecule has 0 aliphatic carbocycles. The molecule has 17 heavy (non-hydrogen) atoms. The monoisotopic (exact) mass is 235 g/mol. The van der Waals surface area contributed by atoms with E-state index in [0.29, 0.717) is 29.1 Å². The van der Waals surface area contributed by atoms with Crippen LogP contribution in [0.1, 0.15) is 12.5 Å². The zero-order valence-electron chi connectivity index (χ0n) is 9.24. The number of benzene rings is 1. The SMILES string of the molecule is CCc1c(N)ncnc1-c1cc(F)cc(F)c1. The van der Waals surface area contributed by atoms with E-state index in [4.69, 9.17) is 5.73 Å². The molecule has 1 aromatic heterocycles. The van der Waals surface area contributed by atoms with Crippen LogP contribution in [0.5, 0.6) is 0 Å². The van der Waals surface area contributed by atoms with Crippen LogP contribution < -0.4 is 5.73 Å². The van der Waals surface area contributed by atoms with Gasteiger partial charge < -0.3 is 5.73 Å². The van der Waals surface area contributed by atoms with Crippen molar-refractivity contribution in [2.45, 2.75) is 13.3 Å². The quantitative estimate of drug-likeness (QED) is 0.870. The molecule has 0 saturated heterocycles. The third-order valence-electron chi connectivity index (χ3n) is 2.47. The van der Waals surface area contributed by atoms with Crippen LogP contribution >= 0.6 is 0 Å². The summed E-state index contributed by atoms with van der Waals surface area (Å²) in [6, 6.07) is 3.27. The van der Waals surface area contributed by atoms with Crippen LogP contribution in [0.15, 0.2) is 24.5 Å². The zero-order chi connectivity index (χ0) is 12.4. The van der Waals surface area contributed by atoms with E-state index in [1.807, 2.05) is 6.92 Å². The molecule has 0 aliphatic rings. The van der Waals surface area contributed by atoms with Crippen LogP contribution in [0, 0.1) is 11.6 Å². The lowest BCUT2D eigenvalue weighted by molar-refractivity contribution is 0.584. The molecule has 88 valence electrons. The summed E-state index contributed by atoms with van der Waals surface area (Å²) in [7, 11) is 0. The topological polar surface area (TPSA) is 51.8 Å². The summed E-state index contributed by atoms with van der Waals surface area (Å²) < 4.78 is 26.3. The molecular formula is C12H11F2N3. The Hall–Kier alpha value is -2.04. The molecule has 3 nitrogen and oxygen atoms in total. The van der Waals surface area contributed by atoms with Crippen LogP contribution in [-0.2, 0) is 6.42 Å². The summed E-state index contributed by atoms with van der Waals surface area (Å²) >= 11 is 0. The fraction of sp³-hybridized carbons (Fsp3) is 0.167. The van der Waals surface area contributed by atoms with Crippen molar-refractivity contribution in [3.05, 3.63) is 41.7 Å². The number of halogens is 2. The average Bonchev–Trinajstić information content (AvgIpc) is 2.27. The van der Waals surface area contributed by atoms with Crippen molar-refractivity contribution in [3.8, 4) is 11.3 Å². The van der Waals surface area contributed by atoms with Crippen molar-refractivity contribution >= 4 is 5.82 Å². The van der Waals surface area contributed by atoms with Gasteiger partial charge in [0.15, 0.2) is 0 Å². The van der Waals surface area contributed by atoms with E-state index in [9.17, 15) is 8.78 Å². The van der Waals surface area contributed by atoms with Gasteiger partial charge in [-0.3, -0.25) is 0 Å². The predicted octanol–water partition coefficient (Wildman–Crippen LogP) is 2.57. The molecular weight excluding hydrogens is 224 g/mol. The van der Waals surface area contributed by atoms with Gasteiger partial charge in [0.2, 0.25) is 0 Å². The second-order valence-corrected chi connectivity index (χ2v) is 3.60. The van der Waals surface area contributed by atoms with Gasteiger partial charge in [-0.2, -0.15) is 0 Å². The Kier molecular flexibility index (Phi) is 2.99. The molecule has 0 spiro atoms. The first-order chi connectivity index (χ1) is 8.11. The van der Waals surface area contributed by atoms with Gasteiger partial charge >= 0.3 is 0 Å². The van der Waals surface area contributed by atoms with Gasteiger partial charge in [-0.1, -0.05) is 6.92 Å². The number of anilines is 1. The van der Waals surface area contributed by atoms with Gasteiger partial charge in [0, 0.05) is 17.2 Å². The number of nitrogens with two attached hydrogens (primary N) is 1. The van der Waals surface area contributed by atoms with Crippen molar-refractivity contribution in [2.75, 3.05) is 5.73 Å². The fourth-order valence-corrected chi connectivity index (χ4v) is 1.71. The normalized spacial score (nSPS) is 10.5. The third-order valence-corrected chi connectivity index (χ3v) is 2.47. The van der Waals surface area contributed by atoms with E-state index in [2.05, 4.69) is 9.97 Å². The maximum Gasteiger partial charge on any atom is 0.130 e. The van der Waals surface area contributed by atoms with E-state index in [1.165, 1.54) is 18.5 Å². The highest BCUT2D eigenvalue weighted by atomic mass is 19.1. The first-order valence-corrected chi connectivity index (χ1v) is 5.17. The Morgan fingerprint density at radius 2 is 1.76 bits per heavy atom. The minimum absolute atomic E-state index is 0.335. The molecule has 0 aliphatic heterocycles. The van der Waals surface area contributed by atoms with Crippen molar-refractivity contribution < 1.29 is 8.78 Å². The van der Waals surface area contributed by atoms with Crippen LogP contribution in [0.3, 0.4) is 0 Å². The van der Waals surface area contributed by atoms with E-state index < -0.39 is 11.6 Å². The van der Waals surface area contributed by atoms with Crippen LogP contribution in [-0.4, -0.2) is 9.97 Å². The number of nitrogens with zero attached hydrogens (tertiary/aromatic N) is 2. The van der Waals surface area contributed by atoms with E-state index in [-0.39, 0.29) is 0 Å². The molecule has 0 bridgehead atoms. The van der Waals surface area contributed by atoms with Gasteiger partial charge in [0.25, 0.3) is 0 Å². The van der Waals surface area contributed by atoms with E-state index in [0.717, 1.165) is 6.07 Å². The number of aromatic nitrogens is 2. The van der Waals surface area contributed by atoms with Gasteiger partial charge in [-0.15, -0.1) is 0 Å². The highest BCUT2D eigenvalue weighted by Crippen LogP contribution is 2.25. The predicted molar refractivity (Wildman–Crippen MR) is 61.2 cm³/mol. The lowest BCUT2D eigenvalue weighted by Gasteiger charge is -2.08. The first-order valence-electron chi connectivity index (χ1n) is 5.17. The Balaban J connectivity index is 2.63. The summed E-state index contributed by atoms with van der Waals surface area (Å²) in [5.41, 5.74) is 7.24. The van der Waals surface area contributed by atoms with Gasteiger partial charge in [0.05, 0.1) is 5.69 Å². The van der Waals surface area contributed by atoms with Crippen LogP contribution in [0.4, 0.5) is 14.6 Å². The summed E-state index contributed by atoms with van der Waals surface area (Å²) in [6.07, 6.45) is 1.88. The molecule has 0 saturated carbocycles. The van der Waals surface area contributed by atoms with Gasteiger partial charge in [0.1, 0.15) is 23.8 Å². The number of hydrogen-bond donors (Lipinski definition) is 1. The van der Waals surface area contributed by atoms with Gasteiger partial charge in [-0.25, -0.2) is 18.7 Å². The largest absolute Gasteiger partial charge is 0.383 e. The molecule has 0 atom stereocenters. The number of nitrogen functional groups attached to an aromatic ring is 1. The van der Waals surface area contributed by atoms with Crippen molar-refractivity contribution in [2.24, 2.45) is 0 Å². The Labute approximate surface area is 97.3 Å². The molecule has 0 radical (unpaired) electrons. The molecule has 2 aromatic rings. The fourth-order valence-electron chi connectivity index (χ4n) is 1.71. The van der Waals surface area contributed by atoms with Crippen LogP contribution in [0.2, 0.25) is 0 Å².